The molecule has 3 atom stereocenters. The van der Waals surface area contributed by atoms with Crippen LogP contribution in [-0.4, -0.2) is 60.9 Å². The van der Waals surface area contributed by atoms with Gasteiger partial charge in [0.1, 0.15) is 0 Å². The third kappa shape index (κ3) is 6.68. The van der Waals surface area contributed by atoms with Gasteiger partial charge >= 0.3 is 0 Å². The Bertz CT molecular complexity index is 233. The molecule has 1 fully saturated rings. The maximum atomic E-state index is 9.86. The van der Waals surface area contributed by atoms with Crippen molar-refractivity contribution >= 4 is 0 Å². The van der Waals surface area contributed by atoms with Gasteiger partial charge in [0.05, 0.1) is 25.4 Å². The molecule has 0 aromatic heterocycles. The van der Waals surface area contributed by atoms with E-state index in [2.05, 4.69) is 19.2 Å². The summed E-state index contributed by atoms with van der Waals surface area (Å²) in [5.74, 6) is 0. The molecular weight excluding hydrogens is 246 g/mol. The molecule has 5 nitrogen and oxygen atoms in total. The molecule has 19 heavy (non-hydrogen) atoms. The standard InChI is InChI=1S/C14H29NO4/c1-3-14(2,6-7-16)15-9-12(17)10-18-11-13-5-4-8-19-13/h12-13,15-17H,3-11H2,1-2H3. The molecular formula is C14H29NO4. The van der Waals surface area contributed by atoms with Crippen molar-refractivity contribution in [3.8, 4) is 0 Å². The maximum absolute atomic E-state index is 9.86. The third-order valence-electron chi connectivity index (χ3n) is 3.85. The van der Waals surface area contributed by atoms with E-state index in [1.807, 2.05) is 0 Å². The summed E-state index contributed by atoms with van der Waals surface area (Å²) in [6.07, 6.45) is 3.44. The predicted octanol–water partition coefficient (Wildman–Crippen LogP) is 0.684. The summed E-state index contributed by atoms with van der Waals surface area (Å²) < 4.78 is 10.9. The summed E-state index contributed by atoms with van der Waals surface area (Å²) in [5, 5.41) is 22.2. The second kappa shape index (κ2) is 8.87. The van der Waals surface area contributed by atoms with E-state index in [9.17, 15) is 5.11 Å². The van der Waals surface area contributed by atoms with E-state index in [1.165, 1.54) is 0 Å². The van der Waals surface area contributed by atoms with E-state index in [4.69, 9.17) is 14.6 Å². The number of β-amino-alcohol motifs (C(OH)–C–C–N with tert-alkyl or cyclic N) is 1. The molecule has 3 unspecified atom stereocenters. The largest absolute Gasteiger partial charge is 0.396 e. The van der Waals surface area contributed by atoms with Crippen LogP contribution in [0.5, 0.6) is 0 Å². The number of hydrogen-bond acceptors (Lipinski definition) is 5. The zero-order chi connectivity index (χ0) is 14.1. The van der Waals surface area contributed by atoms with E-state index >= 15 is 0 Å². The summed E-state index contributed by atoms with van der Waals surface area (Å²) in [7, 11) is 0. The van der Waals surface area contributed by atoms with Crippen LogP contribution in [-0.2, 0) is 9.47 Å². The molecule has 0 amide bonds. The lowest BCUT2D eigenvalue weighted by Crippen LogP contribution is -2.47. The minimum atomic E-state index is -0.522. The highest BCUT2D eigenvalue weighted by atomic mass is 16.5. The average Bonchev–Trinajstić information content (AvgIpc) is 2.90. The molecule has 1 heterocycles. The first-order valence-electron chi connectivity index (χ1n) is 7.33. The lowest BCUT2D eigenvalue weighted by Gasteiger charge is -2.30. The highest BCUT2D eigenvalue weighted by molar-refractivity contribution is 4.82. The SMILES string of the molecule is CCC(C)(CCO)NCC(O)COCC1CCCO1. The van der Waals surface area contributed by atoms with Gasteiger partial charge in [-0.1, -0.05) is 6.92 Å². The average molecular weight is 275 g/mol. The Labute approximate surface area is 116 Å². The molecule has 0 saturated carbocycles. The van der Waals surface area contributed by atoms with Crippen LogP contribution in [0.2, 0.25) is 0 Å². The van der Waals surface area contributed by atoms with E-state index in [-0.39, 0.29) is 18.2 Å². The van der Waals surface area contributed by atoms with E-state index in [1.54, 1.807) is 0 Å². The topological polar surface area (TPSA) is 71.0 Å². The van der Waals surface area contributed by atoms with Gasteiger partial charge in [-0.3, -0.25) is 0 Å². The van der Waals surface area contributed by atoms with Gasteiger partial charge in [0.2, 0.25) is 0 Å². The van der Waals surface area contributed by atoms with Crippen molar-refractivity contribution in [1.29, 1.82) is 0 Å². The zero-order valence-corrected chi connectivity index (χ0v) is 12.2. The van der Waals surface area contributed by atoms with Crippen molar-refractivity contribution in [2.45, 2.75) is 57.3 Å². The van der Waals surface area contributed by atoms with Crippen molar-refractivity contribution in [2.24, 2.45) is 0 Å². The van der Waals surface area contributed by atoms with Crippen molar-refractivity contribution in [3.63, 3.8) is 0 Å². The summed E-state index contributed by atoms with van der Waals surface area (Å²) in [4.78, 5) is 0. The van der Waals surface area contributed by atoms with Crippen molar-refractivity contribution in [3.05, 3.63) is 0 Å². The first-order chi connectivity index (χ1) is 9.09. The number of aliphatic hydroxyl groups excluding tert-OH is 2. The molecule has 3 N–H and O–H groups in total. The molecule has 0 aromatic rings. The van der Waals surface area contributed by atoms with E-state index in [0.29, 0.717) is 26.2 Å². The summed E-state index contributed by atoms with van der Waals surface area (Å²) >= 11 is 0. The molecule has 0 aliphatic carbocycles. The normalized spacial score (nSPS) is 24.3. The second-order valence-corrected chi connectivity index (χ2v) is 5.60. The van der Waals surface area contributed by atoms with Crippen LogP contribution in [0, 0.1) is 0 Å². The van der Waals surface area contributed by atoms with Crippen LogP contribution in [0.4, 0.5) is 0 Å². The van der Waals surface area contributed by atoms with Gasteiger partial charge in [-0.2, -0.15) is 0 Å². The predicted molar refractivity (Wildman–Crippen MR) is 74.2 cm³/mol. The van der Waals surface area contributed by atoms with Crippen LogP contribution in [0.25, 0.3) is 0 Å². The highest BCUT2D eigenvalue weighted by Crippen LogP contribution is 2.14. The Morgan fingerprint density at radius 3 is 2.89 bits per heavy atom. The molecule has 1 aliphatic rings. The van der Waals surface area contributed by atoms with Crippen LogP contribution in [0.3, 0.4) is 0 Å². The van der Waals surface area contributed by atoms with E-state index < -0.39 is 6.10 Å². The number of hydrogen-bond donors (Lipinski definition) is 3. The zero-order valence-electron chi connectivity index (χ0n) is 12.2. The minimum Gasteiger partial charge on any atom is -0.396 e. The van der Waals surface area contributed by atoms with Crippen molar-refractivity contribution < 1.29 is 19.7 Å². The number of aliphatic hydroxyl groups is 2. The smallest absolute Gasteiger partial charge is 0.0897 e. The molecule has 1 saturated heterocycles. The molecule has 0 aromatic carbocycles. The van der Waals surface area contributed by atoms with Gasteiger partial charge in [-0.25, -0.2) is 0 Å². The van der Waals surface area contributed by atoms with Crippen molar-refractivity contribution in [2.75, 3.05) is 33.0 Å². The van der Waals surface area contributed by atoms with Crippen LogP contribution < -0.4 is 5.32 Å². The van der Waals surface area contributed by atoms with Gasteiger partial charge in [-0.05, 0) is 32.6 Å². The summed E-state index contributed by atoms with van der Waals surface area (Å²) in [5.41, 5.74) is -0.121. The minimum absolute atomic E-state index is 0.121. The Hall–Kier alpha value is -0.200. The van der Waals surface area contributed by atoms with Gasteiger partial charge in [0.25, 0.3) is 0 Å². The fraction of sp³-hybridized carbons (Fsp3) is 1.00. The Balaban J connectivity index is 2.10. The quantitative estimate of drug-likeness (QED) is 0.547. The first kappa shape index (κ1) is 16.9. The molecule has 114 valence electrons. The lowest BCUT2D eigenvalue weighted by atomic mass is 9.95. The molecule has 0 bridgehead atoms. The number of ether oxygens (including phenoxy) is 2. The lowest BCUT2D eigenvalue weighted by molar-refractivity contribution is -0.0182. The summed E-state index contributed by atoms with van der Waals surface area (Å²) in [6.45, 7) is 6.49. The molecule has 5 heteroatoms. The third-order valence-corrected chi connectivity index (χ3v) is 3.85. The highest BCUT2D eigenvalue weighted by Gasteiger charge is 2.22. The van der Waals surface area contributed by atoms with Gasteiger partial charge in [0, 0.05) is 25.3 Å². The fourth-order valence-corrected chi connectivity index (χ4v) is 2.17. The monoisotopic (exact) mass is 275 g/mol. The van der Waals surface area contributed by atoms with Gasteiger partial charge in [0.15, 0.2) is 0 Å². The van der Waals surface area contributed by atoms with Crippen LogP contribution in [0.15, 0.2) is 0 Å². The fourth-order valence-electron chi connectivity index (χ4n) is 2.17. The first-order valence-corrected chi connectivity index (χ1v) is 7.33. The van der Waals surface area contributed by atoms with E-state index in [0.717, 1.165) is 25.9 Å². The Kier molecular flexibility index (Phi) is 7.87. The molecule has 1 rings (SSSR count). The Morgan fingerprint density at radius 1 is 1.53 bits per heavy atom. The molecule has 0 spiro atoms. The van der Waals surface area contributed by atoms with Crippen molar-refractivity contribution in [1.82, 2.24) is 5.32 Å². The Morgan fingerprint density at radius 2 is 2.32 bits per heavy atom. The van der Waals surface area contributed by atoms with Gasteiger partial charge in [-0.15, -0.1) is 0 Å². The summed E-state index contributed by atoms with van der Waals surface area (Å²) in [6, 6.07) is 0. The van der Waals surface area contributed by atoms with Gasteiger partial charge < -0.3 is 25.0 Å². The molecule has 1 aliphatic heterocycles. The van der Waals surface area contributed by atoms with Crippen LogP contribution >= 0.6 is 0 Å². The molecule has 0 radical (unpaired) electrons. The second-order valence-electron chi connectivity index (χ2n) is 5.60. The van der Waals surface area contributed by atoms with Crippen LogP contribution in [0.1, 0.15) is 39.5 Å². The number of rotatable bonds is 10. The maximum Gasteiger partial charge on any atom is 0.0897 e. The number of nitrogens with one attached hydrogen (secondary N) is 1.